The summed E-state index contributed by atoms with van der Waals surface area (Å²) >= 11 is 0. The second kappa shape index (κ2) is 4.88. The van der Waals surface area contributed by atoms with Crippen LogP contribution in [0.1, 0.15) is 31.1 Å². The molecular formula is C12H17NO3. The van der Waals surface area contributed by atoms with Crippen LogP contribution in [0.3, 0.4) is 0 Å². The fourth-order valence-corrected chi connectivity index (χ4v) is 1.15. The highest BCUT2D eigenvalue weighted by atomic mass is 16.5. The van der Waals surface area contributed by atoms with Crippen LogP contribution < -0.4 is 10.5 Å². The van der Waals surface area contributed by atoms with Gasteiger partial charge in [-0.3, -0.25) is 0 Å². The second-order valence-corrected chi connectivity index (χ2v) is 4.13. The molecule has 3 N–H and O–H groups in total. The van der Waals surface area contributed by atoms with Crippen LogP contribution in [-0.4, -0.2) is 17.2 Å². The van der Waals surface area contributed by atoms with Gasteiger partial charge in [0.15, 0.2) is 0 Å². The van der Waals surface area contributed by atoms with Crippen molar-refractivity contribution in [3.8, 4) is 5.75 Å². The Morgan fingerprint density at radius 3 is 2.50 bits per heavy atom. The molecule has 1 atom stereocenters. The number of benzene rings is 1. The molecule has 16 heavy (non-hydrogen) atoms. The Hall–Kier alpha value is -1.71. The van der Waals surface area contributed by atoms with Crippen molar-refractivity contribution in [3.05, 3.63) is 23.8 Å². The summed E-state index contributed by atoms with van der Waals surface area (Å²) in [5.74, 6) is -0.347. The zero-order chi connectivity index (χ0) is 12.3. The molecule has 0 fully saturated rings. The van der Waals surface area contributed by atoms with E-state index in [2.05, 4.69) is 0 Å². The molecule has 0 saturated carbocycles. The van der Waals surface area contributed by atoms with Crippen LogP contribution in [0.2, 0.25) is 0 Å². The molecule has 88 valence electrons. The standard InChI is InChI=1S/C12H17NO3/c1-7(2)8(3)16-11-5-4-9(13)6-10(11)12(14)15/h4-8H,13H2,1-3H3,(H,14,15). The predicted molar refractivity (Wildman–Crippen MR) is 62.7 cm³/mol. The third kappa shape index (κ3) is 2.89. The third-order valence-corrected chi connectivity index (χ3v) is 2.49. The Labute approximate surface area is 95.0 Å². The zero-order valence-corrected chi connectivity index (χ0v) is 9.73. The Kier molecular flexibility index (Phi) is 3.77. The summed E-state index contributed by atoms with van der Waals surface area (Å²) in [4.78, 5) is 11.0. The summed E-state index contributed by atoms with van der Waals surface area (Å²) < 4.78 is 5.59. The summed E-state index contributed by atoms with van der Waals surface area (Å²) in [6, 6.07) is 4.64. The van der Waals surface area contributed by atoms with Gasteiger partial charge in [-0.25, -0.2) is 4.79 Å². The van der Waals surface area contributed by atoms with Crippen molar-refractivity contribution < 1.29 is 14.6 Å². The van der Waals surface area contributed by atoms with Crippen molar-refractivity contribution >= 4 is 11.7 Å². The van der Waals surface area contributed by atoms with E-state index in [9.17, 15) is 4.79 Å². The molecule has 4 heteroatoms. The Balaban J connectivity index is 2.99. The van der Waals surface area contributed by atoms with E-state index in [1.807, 2.05) is 20.8 Å². The number of aromatic carboxylic acids is 1. The van der Waals surface area contributed by atoms with E-state index in [0.29, 0.717) is 17.4 Å². The molecule has 0 aliphatic rings. The lowest BCUT2D eigenvalue weighted by Crippen LogP contribution is -2.20. The Morgan fingerprint density at radius 2 is 2.00 bits per heavy atom. The first-order chi connectivity index (χ1) is 7.41. The van der Waals surface area contributed by atoms with Crippen molar-refractivity contribution in [2.75, 3.05) is 5.73 Å². The molecule has 1 unspecified atom stereocenters. The average molecular weight is 223 g/mol. The van der Waals surface area contributed by atoms with Crippen molar-refractivity contribution in [1.29, 1.82) is 0 Å². The Morgan fingerprint density at radius 1 is 1.38 bits per heavy atom. The third-order valence-electron chi connectivity index (χ3n) is 2.49. The number of anilines is 1. The molecule has 1 aromatic carbocycles. The van der Waals surface area contributed by atoms with Crippen molar-refractivity contribution in [2.45, 2.75) is 26.9 Å². The molecule has 1 rings (SSSR count). The van der Waals surface area contributed by atoms with Crippen LogP contribution in [0.25, 0.3) is 0 Å². The first-order valence-corrected chi connectivity index (χ1v) is 5.21. The predicted octanol–water partition coefficient (Wildman–Crippen LogP) is 2.39. The van der Waals surface area contributed by atoms with E-state index in [0.717, 1.165) is 0 Å². The first-order valence-electron chi connectivity index (χ1n) is 5.21. The summed E-state index contributed by atoms with van der Waals surface area (Å²) in [5, 5.41) is 9.01. The molecule has 0 heterocycles. The van der Waals surface area contributed by atoms with Gasteiger partial charge in [0.1, 0.15) is 11.3 Å². The van der Waals surface area contributed by atoms with Crippen LogP contribution >= 0.6 is 0 Å². The van der Waals surface area contributed by atoms with E-state index in [1.165, 1.54) is 6.07 Å². The van der Waals surface area contributed by atoms with Crippen molar-refractivity contribution in [3.63, 3.8) is 0 Å². The second-order valence-electron chi connectivity index (χ2n) is 4.13. The summed E-state index contributed by atoms with van der Waals surface area (Å²) in [5.41, 5.74) is 6.06. The van der Waals surface area contributed by atoms with E-state index in [-0.39, 0.29) is 11.7 Å². The van der Waals surface area contributed by atoms with Gasteiger partial charge in [0.05, 0.1) is 6.10 Å². The summed E-state index contributed by atoms with van der Waals surface area (Å²) in [6.45, 7) is 5.94. The van der Waals surface area contributed by atoms with Gasteiger partial charge in [-0.15, -0.1) is 0 Å². The molecule has 0 saturated heterocycles. The lowest BCUT2D eigenvalue weighted by atomic mass is 10.1. The maximum Gasteiger partial charge on any atom is 0.339 e. The van der Waals surface area contributed by atoms with Gasteiger partial charge in [-0.1, -0.05) is 13.8 Å². The molecule has 0 amide bonds. The minimum atomic E-state index is -1.03. The minimum absolute atomic E-state index is 0.0401. The number of carbonyl (C=O) groups is 1. The SMILES string of the molecule is CC(C)C(C)Oc1ccc(N)cc1C(=O)O. The van der Waals surface area contributed by atoms with Gasteiger partial charge in [-0.05, 0) is 31.0 Å². The number of hydrogen-bond acceptors (Lipinski definition) is 3. The fraction of sp³-hybridized carbons (Fsp3) is 0.417. The monoisotopic (exact) mass is 223 g/mol. The highest BCUT2D eigenvalue weighted by Crippen LogP contribution is 2.23. The molecule has 0 radical (unpaired) electrons. The highest BCUT2D eigenvalue weighted by molar-refractivity contribution is 5.92. The number of hydrogen-bond donors (Lipinski definition) is 2. The van der Waals surface area contributed by atoms with E-state index in [1.54, 1.807) is 12.1 Å². The van der Waals surface area contributed by atoms with Crippen LogP contribution in [0, 0.1) is 5.92 Å². The molecule has 4 nitrogen and oxygen atoms in total. The van der Waals surface area contributed by atoms with Gasteiger partial charge >= 0.3 is 5.97 Å². The van der Waals surface area contributed by atoms with E-state index < -0.39 is 5.97 Å². The van der Waals surface area contributed by atoms with Crippen LogP contribution in [0.5, 0.6) is 5.75 Å². The van der Waals surface area contributed by atoms with E-state index in [4.69, 9.17) is 15.6 Å². The summed E-state index contributed by atoms with van der Waals surface area (Å²) in [7, 11) is 0. The Bertz CT molecular complexity index is 388. The lowest BCUT2D eigenvalue weighted by Gasteiger charge is -2.19. The molecule has 1 aromatic rings. The van der Waals surface area contributed by atoms with Crippen molar-refractivity contribution in [1.82, 2.24) is 0 Å². The molecule has 0 aliphatic heterocycles. The molecular weight excluding hydrogens is 206 g/mol. The van der Waals surface area contributed by atoms with Gasteiger partial charge in [0.2, 0.25) is 0 Å². The highest BCUT2D eigenvalue weighted by Gasteiger charge is 2.15. The maximum atomic E-state index is 11.0. The largest absolute Gasteiger partial charge is 0.490 e. The zero-order valence-electron chi connectivity index (χ0n) is 9.73. The van der Waals surface area contributed by atoms with Gasteiger partial charge in [0, 0.05) is 5.69 Å². The van der Waals surface area contributed by atoms with Gasteiger partial charge in [0.25, 0.3) is 0 Å². The van der Waals surface area contributed by atoms with Crippen LogP contribution in [0.4, 0.5) is 5.69 Å². The molecule has 0 spiro atoms. The molecule has 0 bridgehead atoms. The quantitative estimate of drug-likeness (QED) is 0.769. The van der Waals surface area contributed by atoms with Crippen LogP contribution in [-0.2, 0) is 0 Å². The fourth-order valence-electron chi connectivity index (χ4n) is 1.15. The normalized spacial score (nSPS) is 12.5. The van der Waals surface area contributed by atoms with Gasteiger partial charge < -0.3 is 15.6 Å². The minimum Gasteiger partial charge on any atom is -0.490 e. The number of carboxylic acid groups (broad SMARTS) is 1. The lowest BCUT2D eigenvalue weighted by molar-refractivity contribution is 0.0687. The topological polar surface area (TPSA) is 72.5 Å². The average Bonchev–Trinajstić information content (AvgIpc) is 2.20. The number of nitrogen functional groups attached to an aromatic ring is 1. The van der Waals surface area contributed by atoms with E-state index >= 15 is 0 Å². The van der Waals surface area contributed by atoms with Gasteiger partial charge in [-0.2, -0.15) is 0 Å². The number of rotatable bonds is 4. The maximum absolute atomic E-state index is 11.0. The van der Waals surface area contributed by atoms with Crippen molar-refractivity contribution in [2.24, 2.45) is 5.92 Å². The smallest absolute Gasteiger partial charge is 0.339 e. The molecule has 0 aliphatic carbocycles. The first kappa shape index (κ1) is 12.4. The molecule has 0 aromatic heterocycles. The summed E-state index contributed by atoms with van der Waals surface area (Å²) in [6.07, 6.45) is -0.0401. The number of nitrogens with two attached hydrogens (primary N) is 1. The number of carboxylic acids is 1. The number of ether oxygens (including phenoxy) is 1. The van der Waals surface area contributed by atoms with Crippen LogP contribution in [0.15, 0.2) is 18.2 Å².